The second-order valence-electron chi connectivity index (χ2n) is 12.5. The van der Waals surface area contributed by atoms with Gasteiger partial charge in [-0.15, -0.1) is 0 Å². The molecule has 0 bridgehead atoms. The van der Waals surface area contributed by atoms with E-state index in [0.717, 1.165) is 49.8 Å². The van der Waals surface area contributed by atoms with Gasteiger partial charge in [-0.25, -0.2) is 0 Å². The van der Waals surface area contributed by atoms with E-state index in [0.29, 0.717) is 0 Å². The zero-order valence-corrected chi connectivity index (χ0v) is 23.1. The molecule has 6 heteroatoms. The van der Waals surface area contributed by atoms with Crippen LogP contribution in [0.15, 0.2) is 24.3 Å². The predicted molar refractivity (Wildman–Crippen MR) is 146 cm³/mol. The normalized spacial score (nSPS) is 26.4. The summed E-state index contributed by atoms with van der Waals surface area (Å²) in [5.41, 5.74) is 0.327. The molecule has 3 nitrogen and oxygen atoms in total. The largest absolute Gasteiger partial charge is 0.481 e. The van der Waals surface area contributed by atoms with Crippen molar-refractivity contribution < 1.29 is 23.1 Å². The Morgan fingerprint density at radius 1 is 0.763 bits per heavy atom. The molecule has 0 radical (unpaired) electrons. The van der Waals surface area contributed by atoms with E-state index < -0.39 is 17.7 Å². The molecular formula is C32H48F3NO2. The standard InChI is InChI=1S/C32H48F3NO2/c33-32(34,35)28-15-13-27(14-16-28)29-22-26(23-31(37)38)12-17-30(29)36(21-19-25-10-6-3-7-11-25)20-18-24-8-4-1-2-5-9-24/h13-16,24-26,29-30H,1-12,17-23H2,(H,37,38)/t26-,29+,30-/m1/s1. The van der Waals surface area contributed by atoms with Crippen LogP contribution in [0.25, 0.3) is 0 Å². The van der Waals surface area contributed by atoms with Gasteiger partial charge >= 0.3 is 12.1 Å². The first-order chi connectivity index (χ1) is 18.3. The van der Waals surface area contributed by atoms with E-state index in [1.165, 1.54) is 95.6 Å². The summed E-state index contributed by atoms with van der Waals surface area (Å²) in [5.74, 6) is 0.954. The van der Waals surface area contributed by atoms with Crippen LogP contribution in [0.4, 0.5) is 13.2 Å². The Morgan fingerprint density at radius 3 is 1.79 bits per heavy atom. The van der Waals surface area contributed by atoms with Crippen molar-refractivity contribution in [1.82, 2.24) is 4.90 Å². The first-order valence-corrected chi connectivity index (χ1v) is 15.4. The topological polar surface area (TPSA) is 40.5 Å². The van der Waals surface area contributed by atoms with Crippen molar-refractivity contribution in [3.05, 3.63) is 35.4 Å². The summed E-state index contributed by atoms with van der Waals surface area (Å²) in [6.07, 6.45) is 15.5. The van der Waals surface area contributed by atoms with Crippen LogP contribution in [0.2, 0.25) is 0 Å². The summed E-state index contributed by atoms with van der Waals surface area (Å²) < 4.78 is 39.8. The average Bonchev–Trinajstić information content (AvgIpc) is 3.18. The third kappa shape index (κ3) is 8.72. The van der Waals surface area contributed by atoms with Crippen molar-refractivity contribution in [2.45, 2.75) is 127 Å². The van der Waals surface area contributed by atoms with Crippen molar-refractivity contribution in [3.8, 4) is 0 Å². The van der Waals surface area contributed by atoms with Gasteiger partial charge in [-0.1, -0.05) is 82.8 Å². The van der Waals surface area contributed by atoms with E-state index in [1.54, 1.807) is 12.1 Å². The average molecular weight is 536 g/mol. The Hall–Kier alpha value is -1.56. The lowest BCUT2D eigenvalue weighted by atomic mass is 9.72. The fourth-order valence-corrected chi connectivity index (χ4v) is 7.66. The number of carboxylic acids is 1. The number of carbonyl (C=O) groups is 1. The molecule has 0 amide bonds. The lowest BCUT2D eigenvalue weighted by Crippen LogP contribution is -2.45. The molecule has 214 valence electrons. The maximum Gasteiger partial charge on any atom is 0.416 e. The highest BCUT2D eigenvalue weighted by Crippen LogP contribution is 2.42. The van der Waals surface area contributed by atoms with E-state index in [1.807, 2.05) is 0 Å². The predicted octanol–water partition coefficient (Wildman–Crippen LogP) is 9.07. The van der Waals surface area contributed by atoms with Crippen molar-refractivity contribution in [2.75, 3.05) is 13.1 Å². The Morgan fingerprint density at radius 2 is 1.29 bits per heavy atom. The van der Waals surface area contributed by atoms with Crippen molar-refractivity contribution >= 4 is 5.97 Å². The third-order valence-electron chi connectivity index (χ3n) is 9.87. The number of nitrogens with zero attached hydrogens (tertiary/aromatic N) is 1. The number of rotatable bonds is 10. The highest BCUT2D eigenvalue weighted by atomic mass is 19.4. The quantitative estimate of drug-likeness (QED) is 0.304. The van der Waals surface area contributed by atoms with Crippen molar-refractivity contribution in [2.24, 2.45) is 17.8 Å². The summed E-state index contributed by atoms with van der Waals surface area (Å²) in [6, 6.07) is 6.02. The maximum absolute atomic E-state index is 13.3. The summed E-state index contributed by atoms with van der Waals surface area (Å²) in [4.78, 5) is 14.2. The molecular weight excluding hydrogens is 487 g/mol. The molecule has 1 aromatic carbocycles. The second-order valence-corrected chi connectivity index (χ2v) is 12.5. The maximum atomic E-state index is 13.3. The molecule has 0 aliphatic heterocycles. The van der Waals surface area contributed by atoms with Gasteiger partial charge in [0.15, 0.2) is 0 Å². The third-order valence-corrected chi connectivity index (χ3v) is 9.87. The number of carboxylic acid groups (broad SMARTS) is 1. The number of benzene rings is 1. The molecule has 3 aliphatic carbocycles. The highest BCUT2D eigenvalue weighted by Gasteiger charge is 2.37. The Labute approximate surface area is 227 Å². The molecule has 0 unspecified atom stereocenters. The lowest BCUT2D eigenvalue weighted by molar-refractivity contribution is -0.139. The Kier molecular flexibility index (Phi) is 11.0. The van der Waals surface area contributed by atoms with E-state index in [2.05, 4.69) is 4.90 Å². The summed E-state index contributed by atoms with van der Waals surface area (Å²) >= 11 is 0. The van der Waals surface area contributed by atoms with Gasteiger partial charge in [0.05, 0.1) is 5.56 Å². The zero-order chi connectivity index (χ0) is 27.0. The zero-order valence-electron chi connectivity index (χ0n) is 23.1. The van der Waals surface area contributed by atoms with Crippen LogP contribution in [-0.2, 0) is 11.0 Å². The Balaban J connectivity index is 1.53. The van der Waals surface area contributed by atoms with Crippen molar-refractivity contribution in [3.63, 3.8) is 0 Å². The molecule has 0 aromatic heterocycles. The molecule has 1 aromatic rings. The number of alkyl halides is 3. The van der Waals surface area contributed by atoms with Gasteiger partial charge in [0, 0.05) is 12.5 Å². The molecule has 0 saturated heterocycles. The van der Waals surface area contributed by atoms with Crippen molar-refractivity contribution in [1.29, 1.82) is 0 Å². The van der Waals surface area contributed by atoms with E-state index in [4.69, 9.17) is 0 Å². The highest BCUT2D eigenvalue weighted by molar-refractivity contribution is 5.67. The molecule has 3 saturated carbocycles. The minimum absolute atomic E-state index is 0.0795. The number of aliphatic carboxylic acids is 1. The van der Waals surface area contributed by atoms with E-state index >= 15 is 0 Å². The first-order valence-electron chi connectivity index (χ1n) is 15.4. The molecule has 3 atom stereocenters. The van der Waals surface area contributed by atoms with Crippen LogP contribution in [0, 0.1) is 17.8 Å². The van der Waals surface area contributed by atoms with E-state index in [9.17, 15) is 23.1 Å². The molecule has 3 aliphatic rings. The lowest BCUT2D eigenvalue weighted by Gasteiger charge is -2.44. The monoisotopic (exact) mass is 535 g/mol. The van der Waals surface area contributed by atoms with Gasteiger partial charge in [-0.3, -0.25) is 9.69 Å². The molecule has 1 N–H and O–H groups in total. The molecule has 0 spiro atoms. The summed E-state index contributed by atoms with van der Waals surface area (Å²) in [5, 5.41) is 9.47. The van der Waals surface area contributed by atoms with E-state index in [-0.39, 0.29) is 24.3 Å². The minimum Gasteiger partial charge on any atom is -0.481 e. The number of hydrogen-bond acceptors (Lipinski definition) is 2. The van der Waals surface area contributed by atoms with Gasteiger partial charge in [0.1, 0.15) is 0 Å². The van der Waals surface area contributed by atoms with Crippen LogP contribution >= 0.6 is 0 Å². The van der Waals surface area contributed by atoms with Crippen LogP contribution < -0.4 is 0 Å². The molecule has 38 heavy (non-hydrogen) atoms. The van der Waals surface area contributed by atoms with Crippen LogP contribution in [-0.4, -0.2) is 35.1 Å². The summed E-state index contributed by atoms with van der Waals surface area (Å²) in [7, 11) is 0. The smallest absolute Gasteiger partial charge is 0.416 e. The van der Waals surface area contributed by atoms with Gasteiger partial charge in [0.25, 0.3) is 0 Å². The van der Waals surface area contributed by atoms with Crippen LogP contribution in [0.5, 0.6) is 0 Å². The van der Waals surface area contributed by atoms with Gasteiger partial charge in [-0.05, 0) is 86.6 Å². The SMILES string of the molecule is O=C(O)C[C@@H]1CC[C@@H](N(CCC2CCCCCC2)CCC2CCCCC2)[C@H](c2ccc(C(F)(F)F)cc2)C1. The van der Waals surface area contributed by atoms with Gasteiger partial charge in [0.2, 0.25) is 0 Å². The number of hydrogen-bond donors (Lipinski definition) is 1. The fraction of sp³-hybridized carbons (Fsp3) is 0.781. The molecule has 4 rings (SSSR count). The fourth-order valence-electron chi connectivity index (χ4n) is 7.66. The van der Waals surface area contributed by atoms with Crippen LogP contribution in [0.3, 0.4) is 0 Å². The first kappa shape index (κ1) is 29.4. The summed E-state index contributed by atoms with van der Waals surface area (Å²) in [6.45, 7) is 2.12. The van der Waals surface area contributed by atoms with Crippen LogP contribution in [0.1, 0.15) is 126 Å². The van der Waals surface area contributed by atoms with Gasteiger partial charge < -0.3 is 5.11 Å². The Bertz CT molecular complexity index is 841. The second kappa shape index (κ2) is 14.2. The molecule has 0 heterocycles. The van der Waals surface area contributed by atoms with Gasteiger partial charge in [-0.2, -0.15) is 13.2 Å². The number of halogens is 3. The minimum atomic E-state index is -4.35. The molecule has 3 fully saturated rings.